The molecule has 0 N–H and O–H groups in total. The van der Waals surface area contributed by atoms with Crippen LogP contribution in [-0.2, 0) is 6.67 Å². The van der Waals surface area contributed by atoms with Crippen LogP contribution in [0.3, 0.4) is 0 Å². The van der Waals surface area contributed by atoms with Crippen LogP contribution in [0.4, 0.5) is 0 Å². The Kier molecular flexibility index (Phi) is 3.83. The van der Waals surface area contributed by atoms with Crippen LogP contribution >= 0.6 is 0 Å². The van der Waals surface area contributed by atoms with Gasteiger partial charge < -0.3 is 4.57 Å². The van der Waals surface area contributed by atoms with Crippen molar-refractivity contribution in [3.63, 3.8) is 0 Å². The van der Waals surface area contributed by atoms with Gasteiger partial charge in [0.1, 0.15) is 0 Å². The Morgan fingerprint density at radius 1 is 1.29 bits per heavy atom. The second-order valence-corrected chi connectivity index (χ2v) is 3.48. The van der Waals surface area contributed by atoms with E-state index in [1.807, 2.05) is 6.07 Å². The Morgan fingerprint density at radius 2 is 2.00 bits per heavy atom. The van der Waals surface area contributed by atoms with E-state index >= 15 is 0 Å². The molecule has 0 aliphatic carbocycles. The Labute approximate surface area is 96.7 Å². The number of hydrogen-bond donors (Lipinski definition) is 0. The monoisotopic (exact) mass is 180 g/mol. The molecule has 0 aliphatic rings. The van der Waals surface area contributed by atoms with Crippen LogP contribution in [0.2, 0.25) is 0 Å². The normalized spacial score (nSPS) is 10.5. The Bertz CT molecular complexity index is 406. The van der Waals surface area contributed by atoms with Crippen LogP contribution in [0, 0.1) is 6.20 Å². The SMILES string of the molecule is CN(C)Cn1[c-]cc2ccccc21.[Li+]. The summed E-state index contributed by atoms with van der Waals surface area (Å²) < 4.78 is 2.12. The molecule has 0 fully saturated rings. The molecule has 0 radical (unpaired) electrons. The van der Waals surface area contributed by atoms with Crippen molar-refractivity contribution in [2.24, 2.45) is 0 Å². The van der Waals surface area contributed by atoms with E-state index in [0.717, 1.165) is 6.67 Å². The number of aromatic nitrogens is 1. The summed E-state index contributed by atoms with van der Waals surface area (Å²) in [6, 6.07) is 10.4. The molecule has 0 unspecified atom stereocenters. The summed E-state index contributed by atoms with van der Waals surface area (Å²) in [5.74, 6) is 0. The molecule has 2 rings (SSSR count). The van der Waals surface area contributed by atoms with Crippen LogP contribution < -0.4 is 18.9 Å². The van der Waals surface area contributed by atoms with Crippen molar-refractivity contribution in [3.8, 4) is 0 Å². The zero-order chi connectivity index (χ0) is 9.26. The summed E-state index contributed by atoms with van der Waals surface area (Å²) in [7, 11) is 4.12. The van der Waals surface area contributed by atoms with E-state index in [9.17, 15) is 0 Å². The molecule has 2 aromatic rings. The van der Waals surface area contributed by atoms with Crippen molar-refractivity contribution in [1.82, 2.24) is 9.47 Å². The molecule has 14 heavy (non-hydrogen) atoms. The van der Waals surface area contributed by atoms with Crippen molar-refractivity contribution >= 4 is 10.9 Å². The molecule has 0 saturated carbocycles. The molecule has 0 bridgehead atoms. The molecule has 0 saturated heterocycles. The standard InChI is InChI=1S/C11H13N2.Li/c1-12(2)9-13-8-7-10-5-3-4-6-11(10)13;/h3-7H,9H2,1-2H3;/q-1;+1. The molecule has 0 atom stereocenters. The molecule has 1 aromatic carbocycles. The molecule has 0 aliphatic heterocycles. The summed E-state index contributed by atoms with van der Waals surface area (Å²) in [5, 5.41) is 1.25. The fourth-order valence-corrected chi connectivity index (χ4v) is 1.47. The Morgan fingerprint density at radius 3 is 2.71 bits per heavy atom. The second kappa shape index (κ2) is 4.70. The number of fused-ring (bicyclic) bond motifs is 1. The minimum Gasteiger partial charge on any atom is -0.453 e. The van der Waals surface area contributed by atoms with Crippen molar-refractivity contribution in [1.29, 1.82) is 0 Å². The zero-order valence-corrected chi connectivity index (χ0v) is 8.99. The summed E-state index contributed by atoms with van der Waals surface area (Å²) in [4.78, 5) is 2.13. The number of hydrogen-bond acceptors (Lipinski definition) is 1. The predicted molar refractivity (Wildman–Crippen MR) is 54.5 cm³/mol. The summed E-state index contributed by atoms with van der Waals surface area (Å²) in [6.45, 7) is 0.882. The van der Waals surface area contributed by atoms with Crippen molar-refractivity contribution in [2.45, 2.75) is 6.67 Å². The van der Waals surface area contributed by atoms with E-state index in [1.54, 1.807) is 0 Å². The van der Waals surface area contributed by atoms with E-state index in [1.165, 1.54) is 10.9 Å². The average Bonchev–Trinajstić information content (AvgIpc) is 2.48. The second-order valence-electron chi connectivity index (χ2n) is 3.48. The molecule has 68 valence electrons. The maximum Gasteiger partial charge on any atom is 1.00 e. The van der Waals surface area contributed by atoms with Gasteiger partial charge in [0.15, 0.2) is 0 Å². The number of benzene rings is 1. The first-order valence-electron chi connectivity index (χ1n) is 4.38. The quantitative estimate of drug-likeness (QED) is 0.423. The topological polar surface area (TPSA) is 8.17 Å². The smallest absolute Gasteiger partial charge is 0.453 e. The largest absolute Gasteiger partial charge is 1.00 e. The molecule has 3 heteroatoms. The van der Waals surface area contributed by atoms with Crippen LogP contribution in [-0.4, -0.2) is 23.6 Å². The van der Waals surface area contributed by atoms with Gasteiger partial charge >= 0.3 is 18.9 Å². The van der Waals surface area contributed by atoms with Gasteiger partial charge in [0.25, 0.3) is 0 Å². The van der Waals surface area contributed by atoms with Crippen LogP contribution in [0.15, 0.2) is 30.3 Å². The molecule has 1 aromatic heterocycles. The van der Waals surface area contributed by atoms with Crippen molar-refractivity contribution in [2.75, 3.05) is 14.1 Å². The van der Waals surface area contributed by atoms with Crippen LogP contribution in [0.25, 0.3) is 10.9 Å². The Balaban J connectivity index is 0.000000980. The fraction of sp³-hybridized carbons (Fsp3) is 0.273. The van der Waals surface area contributed by atoms with Crippen LogP contribution in [0.5, 0.6) is 0 Å². The third kappa shape index (κ3) is 2.22. The molecule has 0 amide bonds. The van der Waals surface area contributed by atoms with E-state index in [-0.39, 0.29) is 18.9 Å². The van der Waals surface area contributed by atoms with Gasteiger partial charge in [0.05, 0.1) is 6.67 Å². The maximum atomic E-state index is 3.22. The van der Waals surface area contributed by atoms with E-state index in [0.29, 0.717) is 0 Å². The van der Waals surface area contributed by atoms with Gasteiger partial charge in [-0.1, -0.05) is 12.1 Å². The molecule has 0 spiro atoms. The van der Waals surface area contributed by atoms with E-state index in [4.69, 9.17) is 0 Å². The first-order chi connectivity index (χ1) is 6.27. The first kappa shape index (κ1) is 11.4. The van der Waals surface area contributed by atoms with Gasteiger partial charge in [0, 0.05) is 0 Å². The van der Waals surface area contributed by atoms with Gasteiger partial charge in [-0.05, 0) is 14.1 Å². The molecular weight excluding hydrogens is 167 g/mol. The number of para-hydroxylation sites is 1. The van der Waals surface area contributed by atoms with Gasteiger partial charge in [-0.25, -0.2) is 0 Å². The summed E-state index contributed by atoms with van der Waals surface area (Å²) >= 11 is 0. The summed E-state index contributed by atoms with van der Waals surface area (Å²) in [5.41, 5.74) is 1.25. The third-order valence-corrected chi connectivity index (χ3v) is 2.03. The molecule has 2 nitrogen and oxygen atoms in total. The van der Waals surface area contributed by atoms with E-state index < -0.39 is 0 Å². The minimum absolute atomic E-state index is 0. The number of rotatable bonds is 2. The Hall–Kier alpha value is -0.683. The van der Waals surface area contributed by atoms with Gasteiger partial charge in [0.2, 0.25) is 0 Å². The minimum atomic E-state index is 0. The van der Waals surface area contributed by atoms with Crippen molar-refractivity contribution < 1.29 is 18.9 Å². The van der Waals surface area contributed by atoms with E-state index in [2.05, 4.69) is 54.0 Å². The van der Waals surface area contributed by atoms with Crippen LogP contribution in [0.1, 0.15) is 0 Å². The fourth-order valence-electron chi connectivity index (χ4n) is 1.47. The van der Waals surface area contributed by atoms with Gasteiger partial charge in [-0.2, -0.15) is 11.5 Å². The average molecular weight is 180 g/mol. The number of nitrogens with zero attached hydrogens (tertiary/aromatic N) is 2. The molecule has 1 heterocycles. The predicted octanol–water partition coefficient (Wildman–Crippen LogP) is -1.04. The zero-order valence-electron chi connectivity index (χ0n) is 8.99. The molecular formula is C11H13LiN2. The maximum absolute atomic E-state index is 3.22. The van der Waals surface area contributed by atoms with Crippen molar-refractivity contribution in [3.05, 3.63) is 36.5 Å². The third-order valence-electron chi connectivity index (χ3n) is 2.03. The summed E-state index contributed by atoms with van der Waals surface area (Å²) in [6.07, 6.45) is 3.22. The van der Waals surface area contributed by atoms with Gasteiger partial charge in [-0.3, -0.25) is 4.90 Å². The first-order valence-corrected chi connectivity index (χ1v) is 4.38. The van der Waals surface area contributed by atoms with Gasteiger partial charge in [-0.15, -0.1) is 23.8 Å².